The molecule has 0 amide bonds. The summed E-state index contributed by atoms with van der Waals surface area (Å²) in [5.74, 6) is -0.702. The molecule has 0 rings (SSSR count). The Labute approximate surface area is 245 Å². The lowest BCUT2D eigenvalue weighted by Crippen LogP contribution is -2.28. The number of hydrogen-bond donors (Lipinski definition) is 1. The third kappa shape index (κ3) is 28.6. The molecule has 0 radical (unpaired) electrons. The van der Waals surface area contributed by atoms with Crippen molar-refractivity contribution >= 4 is 11.9 Å². The molecule has 0 aromatic carbocycles. The van der Waals surface area contributed by atoms with Gasteiger partial charge in [0.1, 0.15) is 6.61 Å². The summed E-state index contributed by atoms with van der Waals surface area (Å²) in [4.78, 5) is 24.0. The molecule has 5 heteroatoms. The van der Waals surface area contributed by atoms with Gasteiger partial charge in [-0.05, 0) is 51.4 Å². The molecule has 0 spiro atoms. The van der Waals surface area contributed by atoms with Crippen LogP contribution in [0.4, 0.5) is 0 Å². The average molecular weight is 559 g/mol. The van der Waals surface area contributed by atoms with Gasteiger partial charge in [-0.1, -0.05) is 126 Å². The Hall–Kier alpha value is -2.40. The normalized spacial score (nSPS) is 13.0. The average Bonchev–Trinajstić information content (AvgIpc) is 2.96. The van der Waals surface area contributed by atoms with E-state index in [0.29, 0.717) is 12.8 Å². The van der Waals surface area contributed by atoms with E-state index in [1.54, 1.807) is 0 Å². The lowest BCUT2D eigenvalue weighted by atomic mass is 10.1. The number of carbonyl (C=O) groups excluding carboxylic acids is 2. The Bertz CT molecular complexity index is 732. The zero-order valence-corrected chi connectivity index (χ0v) is 25.6. The Morgan fingerprint density at radius 3 is 1.90 bits per heavy atom. The fraction of sp³-hybridized carbons (Fsp3) is 0.657. The molecule has 0 saturated heterocycles. The molecular formula is C35H58O5. The number of allylic oxidation sites excluding steroid dienone is 10. The second-order valence-corrected chi connectivity index (χ2v) is 10.2. The van der Waals surface area contributed by atoms with Crippen LogP contribution in [0.3, 0.4) is 0 Å². The summed E-state index contributed by atoms with van der Waals surface area (Å²) in [7, 11) is 0. The van der Waals surface area contributed by atoms with Crippen LogP contribution in [0.1, 0.15) is 129 Å². The molecule has 1 atom stereocenters. The van der Waals surface area contributed by atoms with E-state index in [-0.39, 0.29) is 25.6 Å². The maximum Gasteiger partial charge on any atom is 0.306 e. The first-order chi connectivity index (χ1) is 19.6. The summed E-state index contributed by atoms with van der Waals surface area (Å²) in [5, 5.41) is 9.47. The quantitative estimate of drug-likeness (QED) is 0.0471. The molecule has 0 bridgehead atoms. The molecule has 0 aliphatic carbocycles. The number of hydrogen-bond acceptors (Lipinski definition) is 5. The summed E-state index contributed by atoms with van der Waals surface area (Å²) >= 11 is 0. The minimum atomic E-state index is -0.809. The lowest BCUT2D eigenvalue weighted by Gasteiger charge is -2.15. The van der Waals surface area contributed by atoms with Crippen molar-refractivity contribution in [1.82, 2.24) is 0 Å². The number of esters is 2. The van der Waals surface area contributed by atoms with Crippen molar-refractivity contribution < 1.29 is 24.2 Å². The van der Waals surface area contributed by atoms with Crippen molar-refractivity contribution in [2.45, 2.75) is 136 Å². The standard InChI is InChI=1S/C35H58O5/c1-3-5-7-9-11-13-15-17-19-21-23-25-27-29-34(37)39-32-33(31-36)40-35(38)30-28-26-24-22-20-18-16-14-12-10-8-6-4-2/h5,7,9,11,13,15,18,20,24,26,33,36H,3-4,6,8,10,12,14,16-17,19,21-23,25,27-32H2,1-2H3/b7-5+,11-9+,15-13+,20-18+,26-24+. The van der Waals surface area contributed by atoms with E-state index >= 15 is 0 Å². The van der Waals surface area contributed by atoms with Crippen LogP contribution in [-0.4, -0.2) is 36.4 Å². The van der Waals surface area contributed by atoms with Crippen LogP contribution in [0.5, 0.6) is 0 Å². The molecule has 1 unspecified atom stereocenters. The molecule has 0 aromatic heterocycles. The molecule has 0 fully saturated rings. The van der Waals surface area contributed by atoms with E-state index in [1.807, 2.05) is 12.2 Å². The van der Waals surface area contributed by atoms with Gasteiger partial charge in [0.25, 0.3) is 0 Å². The Kier molecular flexibility index (Phi) is 29.3. The molecule has 0 aliphatic rings. The highest BCUT2D eigenvalue weighted by atomic mass is 16.6. The first-order valence-corrected chi connectivity index (χ1v) is 15.9. The number of rotatable bonds is 27. The molecule has 0 aromatic rings. The van der Waals surface area contributed by atoms with Crippen LogP contribution in [-0.2, 0) is 19.1 Å². The van der Waals surface area contributed by atoms with E-state index in [9.17, 15) is 14.7 Å². The van der Waals surface area contributed by atoms with Gasteiger partial charge in [0.15, 0.2) is 6.10 Å². The number of unbranched alkanes of at least 4 members (excludes halogenated alkanes) is 11. The van der Waals surface area contributed by atoms with Crippen LogP contribution in [0.15, 0.2) is 60.8 Å². The van der Waals surface area contributed by atoms with Crippen LogP contribution < -0.4 is 0 Å². The zero-order valence-electron chi connectivity index (χ0n) is 25.6. The third-order valence-electron chi connectivity index (χ3n) is 6.37. The molecular weight excluding hydrogens is 500 g/mol. The van der Waals surface area contributed by atoms with Gasteiger partial charge in [0, 0.05) is 12.8 Å². The van der Waals surface area contributed by atoms with Crippen LogP contribution in [0.25, 0.3) is 0 Å². The number of aliphatic hydroxyl groups is 1. The number of aliphatic hydroxyl groups excluding tert-OH is 1. The lowest BCUT2D eigenvalue weighted by molar-refractivity contribution is -0.161. The smallest absolute Gasteiger partial charge is 0.306 e. The fourth-order valence-electron chi connectivity index (χ4n) is 3.96. The minimum Gasteiger partial charge on any atom is -0.462 e. The molecule has 1 N–H and O–H groups in total. The van der Waals surface area contributed by atoms with Gasteiger partial charge in [0.2, 0.25) is 0 Å². The van der Waals surface area contributed by atoms with Gasteiger partial charge in [-0.25, -0.2) is 0 Å². The first-order valence-electron chi connectivity index (χ1n) is 15.9. The topological polar surface area (TPSA) is 72.8 Å². The van der Waals surface area contributed by atoms with Gasteiger partial charge in [-0.3, -0.25) is 9.59 Å². The van der Waals surface area contributed by atoms with E-state index in [4.69, 9.17) is 9.47 Å². The highest BCUT2D eigenvalue weighted by molar-refractivity contribution is 5.70. The summed E-state index contributed by atoms with van der Waals surface area (Å²) in [5.41, 5.74) is 0. The maximum atomic E-state index is 12.0. The Morgan fingerprint density at radius 2 is 1.23 bits per heavy atom. The Morgan fingerprint density at radius 1 is 0.625 bits per heavy atom. The SMILES string of the molecule is CC/C=C/C=C/C=C/CCCCCCCC(=O)OCC(CO)OC(=O)CC/C=C/C/C=C/CCCCCCCC. The first kappa shape index (κ1) is 37.6. The number of carbonyl (C=O) groups is 2. The van der Waals surface area contributed by atoms with Crippen molar-refractivity contribution in [3.05, 3.63) is 60.8 Å². The summed E-state index contributed by atoms with van der Waals surface area (Å²) in [6.45, 7) is 3.89. The Balaban J connectivity index is 3.74. The number of ether oxygens (including phenoxy) is 2. The van der Waals surface area contributed by atoms with E-state index in [0.717, 1.165) is 57.8 Å². The summed E-state index contributed by atoms with van der Waals surface area (Å²) < 4.78 is 10.5. The van der Waals surface area contributed by atoms with Gasteiger partial charge >= 0.3 is 11.9 Å². The zero-order chi connectivity index (χ0) is 29.4. The van der Waals surface area contributed by atoms with Crippen LogP contribution in [0.2, 0.25) is 0 Å². The molecule has 0 heterocycles. The predicted octanol–water partition coefficient (Wildman–Crippen LogP) is 9.28. The summed E-state index contributed by atoms with van der Waals surface area (Å²) in [6.07, 6.45) is 38.5. The minimum absolute atomic E-state index is 0.102. The van der Waals surface area contributed by atoms with Crippen LogP contribution >= 0.6 is 0 Å². The van der Waals surface area contributed by atoms with Crippen molar-refractivity contribution in [3.8, 4) is 0 Å². The van der Waals surface area contributed by atoms with E-state index < -0.39 is 12.1 Å². The van der Waals surface area contributed by atoms with E-state index in [2.05, 4.69) is 62.5 Å². The molecule has 228 valence electrons. The predicted molar refractivity (Wildman–Crippen MR) is 168 cm³/mol. The van der Waals surface area contributed by atoms with E-state index in [1.165, 1.54) is 38.5 Å². The third-order valence-corrected chi connectivity index (χ3v) is 6.37. The largest absolute Gasteiger partial charge is 0.462 e. The maximum absolute atomic E-state index is 12.0. The summed E-state index contributed by atoms with van der Waals surface area (Å²) in [6, 6.07) is 0. The van der Waals surface area contributed by atoms with Gasteiger partial charge in [-0.15, -0.1) is 0 Å². The van der Waals surface area contributed by atoms with Gasteiger partial charge in [0.05, 0.1) is 6.61 Å². The molecule has 0 saturated carbocycles. The molecule has 40 heavy (non-hydrogen) atoms. The van der Waals surface area contributed by atoms with Crippen LogP contribution in [0, 0.1) is 0 Å². The second kappa shape index (κ2) is 31.1. The van der Waals surface area contributed by atoms with Crippen molar-refractivity contribution in [2.75, 3.05) is 13.2 Å². The van der Waals surface area contributed by atoms with Crippen molar-refractivity contribution in [3.63, 3.8) is 0 Å². The highest BCUT2D eigenvalue weighted by Crippen LogP contribution is 2.10. The molecule has 0 aliphatic heterocycles. The van der Waals surface area contributed by atoms with Gasteiger partial charge in [-0.2, -0.15) is 0 Å². The highest BCUT2D eigenvalue weighted by Gasteiger charge is 2.15. The monoisotopic (exact) mass is 558 g/mol. The van der Waals surface area contributed by atoms with Crippen molar-refractivity contribution in [1.29, 1.82) is 0 Å². The van der Waals surface area contributed by atoms with Gasteiger partial charge < -0.3 is 14.6 Å². The second-order valence-electron chi connectivity index (χ2n) is 10.2. The van der Waals surface area contributed by atoms with Crippen molar-refractivity contribution in [2.24, 2.45) is 0 Å². The fourth-order valence-corrected chi connectivity index (χ4v) is 3.96. The molecule has 5 nitrogen and oxygen atoms in total.